The smallest absolute Gasteiger partial charge is 0.106 e. The summed E-state index contributed by atoms with van der Waals surface area (Å²) in [6.07, 6.45) is 1.96. The Morgan fingerprint density at radius 1 is 1.21 bits per heavy atom. The standard InChI is InChI=1S/C15H14BrN3/c1-10-13(4-5-15(16)19-10)18-9-11-2-3-12-6-7-17-14(12)8-11/h2-8,17-18H,9H2,1H3. The van der Waals surface area contributed by atoms with Gasteiger partial charge < -0.3 is 10.3 Å². The van der Waals surface area contributed by atoms with Gasteiger partial charge in [0.25, 0.3) is 0 Å². The molecule has 3 aromatic rings. The van der Waals surface area contributed by atoms with Gasteiger partial charge in [0.15, 0.2) is 0 Å². The molecule has 1 aromatic carbocycles. The van der Waals surface area contributed by atoms with Crippen molar-refractivity contribution in [2.75, 3.05) is 5.32 Å². The first kappa shape index (κ1) is 12.2. The van der Waals surface area contributed by atoms with E-state index in [9.17, 15) is 0 Å². The number of aryl methyl sites for hydroxylation is 1. The number of fused-ring (bicyclic) bond motifs is 1. The largest absolute Gasteiger partial charge is 0.379 e. The number of aromatic nitrogens is 2. The Labute approximate surface area is 120 Å². The Bertz CT molecular complexity index is 718. The lowest BCUT2D eigenvalue weighted by molar-refractivity contribution is 1.10. The molecule has 3 nitrogen and oxygen atoms in total. The molecule has 0 atom stereocenters. The van der Waals surface area contributed by atoms with Crippen LogP contribution in [-0.4, -0.2) is 9.97 Å². The van der Waals surface area contributed by atoms with E-state index < -0.39 is 0 Å². The summed E-state index contributed by atoms with van der Waals surface area (Å²) >= 11 is 3.37. The molecule has 0 radical (unpaired) electrons. The van der Waals surface area contributed by atoms with E-state index in [-0.39, 0.29) is 0 Å². The van der Waals surface area contributed by atoms with Crippen LogP contribution in [-0.2, 0) is 6.54 Å². The van der Waals surface area contributed by atoms with Gasteiger partial charge in [0.2, 0.25) is 0 Å². The third-order valence-corrected chi connectivity index (χ3v) is 3.60. The average molecular weight is 316 g/mol. The third-order valence-electron chi connectivity index (χ3n) is 3.15. The zero-order valence-electron chi connectivity index (χ0n) is 10.6. The molecular weight excluding hydrogens is 302 g/mol. The number of benzene rings is 1. The summed E-state index contributed by atoms with van der Waals surface area (Å²) in [4.78, 5) is 7.61. The van der Waals surface area contributed by atoms with Crippen molar-refractivity contribution in [2.24, 2.45) is 0 Å². The van der Waals surface area contributed by atoms with Gasteiger partial charge in [0, 0.05) is 18.3 Å². The maximum absolute atomic E-state index is 4.38. The summed E-state index contributed by atoms with van der Waals surface area (Å²) < 4.78 is 0.864. The molecule has 0 spiro atoms. The van der Waals surface area contributed by atoms with Gasteiger partial charge in [-0.2, -0.15) is 0 Å². The van der Waals surface area contributed by atoms with Crippen LogP contribution in [0.5, 0.6) is 0 Å². The number of H-pyrrole nitrogens is 1. The van der Waals surface area contributed by atoms with Crippen LogP contribution in [0.3, 0.4) is 0 Å². The van der Waals surface area contributed by atoms with Crippen LogP contribution < -0.4 is 5.32 Å². The molecule has 0 aliphatic rings. The Hall–Kier alpha value is -1.81. The van der Waals surface area contributed by atoms with Crippen LogP contribution >= 0.6 is 15.9 Å². The van der Waals surface area contributed by atoms with Crippen molar-refractivity contribution in [1.82, 2.24) is 9.97 Å². The lowest BCUT2D eigenvalue weighted by Gasteiger charge is -2.09. The lowest BCUT2D eigenvalue weighted by atomic mass is 10.1. The SMILES string of the molecule is Cc1nc(Br)ccc1NCc1ccc2cc[nH]c2c1. The molecule has 0 aliphatic heterocycles. The monoisotopic (exact) mass is 315 g/mol. The maximum Gasteiger partial charge on any atom is 0.106 e. The molecule has 0 aliphatic carbocycles. The van der Waals surface area contributed by atoms with Crippen LogP contribution in [0.15, 0.2) is 47.2 Å². The Morgan fingerprint density at radius 2 is 2.11 bits per heavy atom. The van der Waals surface area contributed by atoms with Gasteiger partial charge in [-0.1, -0.05) is 12.1 Å². The van der Waals surface area contributed by atoms with Gasteiger partial charge in [0.1, 0.15) is 4.60 Å². The first-order valence-corrected chi connectivity index (χ1v) is 6.95. The number of hydrogen-bond acceptors (Lipinski definition) is 2. The number of hydrogen-bond donors (Lipinski definition) is 2. The first-order chi connectivity index (χ1) is 9.22. The molecular formula is C15H14BrN3. The molecule has 2 heterocycles. The molecule has 2 N–H and O–H groups in total. The lowest BCUT2D eigenvalue weighted by Crippen LogP contribution is -2.02. The van der Waals surface area contributed by atoms with Gasteiger partial charge in [-0.25, -0.2) is 4.98 Å². The number of nitrogens with one attached hydrogen (secondary N) is 2. The zero-order valence-corrected chi connectivity index (χ0v) is 12.2. The molecule has 2 aromatic heterocycles. The normalized spacial score (nSPS) is 10.8. The van der Waals surface area contributed by atoms with Crippen LogP contribution in [0.25, 0.3) is 10.9 Å². The Balaban J connectivity index is 1.77. The Morgan fingerprint density at radius 3 is 2.95 bits per heavy atom. The summed E-state index contributed by atoms with van der Waals surface area (Å²) in [5.74, 6) is 0. The summed E-state index contributed by atoms with van der Waals surface area (Å²) in [5, 5.41) is 4.66. The second kappa shape index (κ2) is 5.05. The minimum atomic E-state index is 0.791. The van der Waals surface area contributed by atoms with Crippen molar-refractivity contribution in [1.29, 1.82) is 0 Å². The summed E-state index contributed by atoms with van der Waals surface area (Å²) in [7, 11) is 0. The van der Waals surface area contributed by atoms with Gasteiger partial charge in [-0.05, 0) is 58.1 Å². The number of rotatable bonds is 3. The molecule has 0 amide bonds. The molecule has 0 fully saturated rings. The summed E-state index contributed by atoms with van der Waals surface area (Å²) in [5.41, 5.74) is 4.48. The highest BCUT2D eigenvalue weighted by atomic mass is 79.9. The second-order valence-corrected chi connectivity index (χ2v) is 5.33. The number of halogens is 1. The summed E-state index contributed by atoms with van der Waals surface area (Å²) in [6, 6.07) is 12.5. The molecule has 19 heavy (non-hydrogen) atoms. The van der Waals surface area contributed by atoms with Crippen molar-refractivity contribution in [2.45, 2.75) is 13.5 Å². The molecule has 96 valence electrons. The van der Waals surface area contributed by atoms with Gasteiger partial charge >= 0.3 is 0 Å². The van der Waals surface area contributed by atoms with E-state index in [1.54, 1.807) is 0 Å². The van der Waals surface area contributed by atoms with Gasteiger partial charge in [0.05, 0.1) is 11.4 Å². The number of aromatic amines is 1. The minimum absolute atomic E-state index is 0.791. The highest BCUT2D eigenvalue weighted by Crippen LogP contribution is 2.18. The Kier molecular flexibility index (Phi) is 3.25. The minimum Gasteiger partial charge on any atom is -0.379 e. The van der Waals surface area contributed by atoms with Crippen molar-refractivity contribution < 1.29 is 0 Å². The topological polar surface area (TPSA) is 40.7 Å². The van der Waals surface area contributed by atoms with Gasteiger partial charge in [-0.15, -0.1) is 0 Å². The highest BCUT2D eigenvalue weighted by molar-refractivity contribution is 9.10. The number of nitrogens with zero attached hydrogens (tertiary/aromatic N) is 1. The van der Waals surface area contributed by atoms with Crippen LogP contribution in [0.1, 0.15) is 11.3 Å². The highest BCUT2D eigenvalue weighted by Gasteiger charge is 2.01. The zero-order chi connectivity index (χ0) is 13.2. The quantitative estimate of drug-likeness (QED) is 0.709. The fourth-order valence-corrected chi connectivity index (χ4v) is 2.52. The average Bonchev–Trinajstić information content (AvgIpc) is 2.85. The number of anilines is 1. The van der Waals surface area contributed by atoms with Crippen molar-refractivity contribution in [3.05, 3.63) is 58.5 Å². The molecule has 3 rings (SSSR count). The van der Waals surface area contributed by atoms with Crippen molar-refractivity contribution in [3.8, 4) is 0 Å². The molecule has 0 saturated carbocycles. The van der Waals surface area contributed by atoms with E-state index in [1.807, 2.05) is 25.3 Å². The molecule has 0 unspecified atom stereocenters. The predicted molar refractivity (Wildman–Crippen MR) is 82.3 cm³/mol. The van der Waals surface area contributed by atoms with E-state index >= 15 is 0 Å². The predicted octanol–water partition coefficient (Wildman–Crippen LogP) is 4.25. The fraction of sp³-hybridized carbons (Fsp3) is 0.133. The molecule has 0 saturated heterocycles. The number of pyridine rings is 1. The van der Waals surface area contributed by atoms with E-state index in [0.29, 0.717) is 0 Å². The van der Waals surface area contributed by atoms with Gasteiger partial charge in [-0.3, -0.25) is 0 Å². The van der Waals surface area contributed by atoms with Crippen molar-refractivity contribution >= 4 is 32.5 Å². The maximum atomic E-state index is 4.38. The third kappa shape index (κ3) is 2.63. The van der Waals surface area contributed by atoms with E-state index in [1.165, 1.54) is 16.5 Å². The summed E-state index contributed by atoms with van der Waals surface area (Å²) in [6.45, 7) is 2.79. The van der Waals surface area contributed by atoms with E-state index in [0.717, 1.165) is 22.5 Å². The van der Waals surface area contributed by atoms with E-state index in [4.69, 9.17) is 0 Å². The van der Waals surface area contributed by atoms with Crippen LogP contribution in [0, 0.1) is 6.92 Å². The fourth-order valence-electron chi connectivity index (χ4n) is 2.12. The van der Waals surface area contributed by atoms with Crippen LogP contribution in [0.4, 0.5) is 5.69 Å². The second-order valence-electron chi connectivity index (χ2n) is 4.52. The first-order valence-electron chi connectivity index (χ1n) is 6.15. The molecule has 0 bridgehead atoms. The molecule has 4 heteroatoms. The van der Waals surface area contributed by atoms with Crippen LogP contribution in [0.2, 0.25) is 0 Å². The van der Waals surface area contributed by atoms with E-state index in [2.05, 4.69) is 55.5 Å². The van der Waals surface area contributed by atoms with Crippen molar-refractivity contribution in [3.63, 3.8) is 0 Å².